The van der Waals surface area contributed by atoms with Crippen LogP contribution in [0, 0.1) is 5.82 Å². The first-order valence-corrected chi connectivity index (χ1v) is 5.24. The van der Waals surface area contributed by atoms with Crippen LogP contribution in [-0.2, 0) is 11.3 Å². The van der Waals surface area contributed by atoms with E-state index in [2.05, 4.69) is 15.9 Å². The number of benzene rings is 1. The van der Waals surface area contributed by atoms with Gasteiger partial charge in [0.05, 0.1) is 6.61 Å². The molecule has 0 spiro atoms. The molecule has 14 heavy (non-hydrogen) atoms. The van der Waals surface area contributed by atoms with Crippen LogP contribution in [0.3, 0.4) is 0 Å². The zero-order chi connectivity index (χ0) is 10.4. The number of ether oxygens (including phenoxy) is 1. The highest BCUT2D eigenvalue weighted by Gasteiger charge is 1.98. The molecule has 0 radical (unpaired) electrons. The Kier molecular flexibility index (Phi) is 5.07. The van der Waals surface area contributed by atoms with Gasteiger partial charge in [-0.2, -0.15) is 0 Å². The van der Waals surface area contributed by atoms with Crippen molar-refractivity contribution in [2.75, 3.05) is 13.2 Å². The summed E-state index contributed by atoms with van der Waals surface area (Å²) in [5.74, 6) is -0.253. The third kappa shape index (κ3) is 4.17. The molecule has 1 aromatic carbocycles. The second-order valence-corrected chi connectivity index (χ2v) is 3.89. The van der Waals surface area contributed by atoms with Crippen molar-refractivity contribution in [3.8, 4) is 0 Å². The molecule has 0 heterocycles. The molecule has 0 saturated heterocycles. The van der Waals surface area contributed by atoms with Gasteiger partial charge in [0.2, 0.25) is 0 Å². The summed E-state index contributed by atoms with van der Waals surface area (Å²) in [5.41, 5.74) is 6.14. The normalized spacial score (nSPS) is 10.5. The largest absolute Gasteiger partial charge is 0.377 e. The average molecular weight is 262 g/mol. The molecule has 0 aromatic heterocycles. The SMILES string of the molecule is NCCCOCc1cc(F)cc(Br)c1. The van der Waals surface area contributed by atoms with Crippen LogP contribution in [0.4, 0.5) is 4.39 Å². The Labute approximate surface area is 91.4 Å². The Morgan fingerprint density at radius 3 is 2.79 bits per heavy atom. The molecule has 4 heteroatoms. The number of hydrogen-bond donors (Lipinski definition) is 1. The fourth-order valence-corrected chi connectivity index (χ4v) is 1.58. The summed E-state index contributed by atoms with van der Waals surface area (Å²) in [6.07, 6.45) is 0.830. The van der Waals surface area contributed by atoms with E-state index in [4.69, 9.17) is 10.5 Å². The van der Waals surface area contributed by atoms with Crippen LogP contribution in [-0.4, -0.2) is 13.2 Å². The van der Waals surface area contributed by atoms with Crippen LogP contribution >= 0.6 is 15.9 Å². The van der Waals surface area contributed by atoms with E-state index in [-0.39, 0.29) is 5.82 Å². The van der Waals surface area contributed by atoms with Crippen molar-refractivity contribution >= 4 is 15.9 Å². The lowest BCUT2D eigenvalue weighted by molar-refractivity contribution is 0.119. The Balaban J connectivity index is 2.42. The second kappa shape index (κ2) is 6.11. The fraction of sp³-hybridized carbons (Fsp3) is 0.400. The fourth-order valence-electron chi connectivity index (χ4n) is 1.07. The maximum Gasteiger partial charge on any atom is 0.124 e. The first-order chi connectivity index (χ1) is 6.72. The predicted octanol–water partition coefficient (Wildman–Crippen LogP) is 2.45. The Morgan fingerprint density at radius 2 is 2.14 bits per heavy atom. The molecular weight excluding hydrogens is 249 g/mol. The van der Waals surface area contributed by atoms with Gasteiger partial charge in [-0.05, 0) is 36.7 Å². The van der Waals surface area contributed by atoms with Gasteiger partial charge in [-0.1, -0.05) is 15.9 Å². The van der Waals surface area contributed by atoms with Gasteiger partial charge in [0, 0.05) is 11.1 Å². The van der Waals surface area contributed by atoms with Gasteiger partial charge in [0.25, 0.3) is 0 Å². The van der Waals surface area contributed by atoms with Crippen molar-refractivity contribution in [1.82, 2.24) is 0 Å². The number of halogens is 2. The zero-order valence-electron chi connectivity index (χ0n) is 7.80. The summed E-state index contributed by atoms with van der Waals surface area (Å²) in [6.45, 7) is 1.66. The summed E-state index contributed by atoms with van der Waals surface area (Å²) >= 11 is 3.22. The molecule has 0 aliphatic carbocycles. The van der Waals surface area contributed by atoms with E-state index in [1.807, 2.05) is 6.07 Å². The molecule has 0 bridgehead atoms. The van der Waals surface area contributed by atoms with Crippen molar-refractivity contribution < 1.29 is 9.13 Å². The quantitative estimate of drug-likeness (QED) is 0.827. The van der Waals surface area contributed by atoms with E-state index < -0.39 is 0 Å². The number of nitrogens with two attached hydrogens (primary N) is 1. The minimum atomic E-state index is -0.253. The summed E-state index contributed by atoms with van der Waals surface area (Å²) in [4.78, 5) is 0. The molecule has 78 valence electrons. The maximum atomic E-state index is 12.9. The van der Waals surface area contributed by atoms with E-state index in [9.17, 15) is 4.39 Å². The average Bonchev–Trinajstić information content (AvgIpc) is 2.11. The summed E-state index contributed by atoms with van der Waals surface area (Å²) in [7, 11) is 0. The highest BCUT2D eigenvalue weighted by molar-refractivity contribution is 9.10. The minimum absolute atomic E-state index is 0.253. The van der Waals surface area contributed by atoms with E-state index in [0.29, 0.717) is 19.8 Å². The van der Waals surface area contributed by atoms with Crippen LogP contribution in [0.1, 0.15) is 12.0 Å². The molecule has 1 aromatic rings. The lowest BCUT2D eigenvalue weighted by atomic mass is 10.2. The Hall–Kier alpha value is -0.450. The smallest absolute Gasteiger partial charge is 0.124 e. The molecule has 0 atom stereocenters. The maximum absolute atomic E-state index is 12.9. The van der Waals surface area contributed by atoms with E-state index in [1.54, 1.807) is 0 Å². The van der Waals surface area contributed by atoms with Gasteiger partial charge < -0.3 is 10.5 Å². The lowest BCUT2D eigenvalue weighted by Gasteiger charge is -2.04. The summed E-state index contributed by atoms with van der Waals surface area (Å²) < 4.78 is 18.9. The number of hydrogen-bond acceptors (Lipinski definition) is 2. The third-order valence-electron chi connectivity index (χ3n) is 1.68. The van der Waals surface area contributed by atoms with Crippen LogP contribution in [0.2, 0.25) is 0 Å². The van der Waals surface area contributed by atoms with E-state index >= 15 is 0 Å². The molecule has 0 amide bonds. The highest BCUT2D eigenvalue weighted by atomic mass is 79.9. The molecule has 2 nitrogen and oxygen atoms in total. The van der Waals surface area contributed by atoms with Crippen LogP contribution < -0.4 is 5.73 Å². The van der Waals surface area contributed by atoms with Crippen molar-refractivity contribution in [2.45, 2.75) is 13.0 Å². The van der Waals surface area contributed by atoms with Gasteiger partial charge in [-0.3, -0.25) is 0 Å². The third-order valence-corrected chi connectivity index (χ3v) is 2.14. The van der Waals surface area contributed by atoms with Gasteiger partial charge in [-0.15, -0.1) is 0 Å². The van der Waals surface area contributed by atoms with Crippen molar-refractivity contribution in [3.05, 3.63) is 34.1 Å². The molecule has 0 saturated carbocycles. The van der Waals surface area contributed by atoms with E-state index in [0.717, 1.165) is 16.5 Å². The van der Waals surface area contributed by atoms with Gasteiger partial charge in [0.15, 0.2) is 0 Å². The van der Waals surface area contributed by atoms with Crippen LogP contribution in [0.15, 0.2) is 22.7 Å². The molecular formula is C10H13BrFNO. The standard InChI is InChI=1S/C10H13BrFNO/c11-9-4-8(5-10(12)6-9)7-14-3-1-2-13/h4-6H,1-3,7,13H2. The second-order valence-electron chi connectivity index (χ2n) is 2.97. The zero-order valence-corrected chi connectivity index (χ0v) is 9.39. The van der Waals surface area contributed by atoms with Gasteiger partial charge in [0.1, 0.15) is 5.82 Å². The highest BCUT2D eigenvalue weighted by Crippen LogP contribution is 2.15. The van der Waals surface area contributed by atoms with E-state index in [1.165, 1.54) is 12.1 Å². The lowest BCUT2D eigenvalue weighted by Crippen LogP contribution is -2.04. The van der Waals surface area contributed by atoms with Crippen molar-refractivity contribution in [3.63, 3.8) is 0 Å². The van der Waals surface area contributed by atoms with Crippen LogP contribution in [0.5, 0.6) is 0 Å². The van der Waals surface area contributed by atoms with Gasteiger partial charge in [-0.25, -0.2) is 4.39 Å². The topological polar surface area (TPSA) is 35.2 Å². The molecule has 0 aliphatic heterocycles. The Bertz CT molecular complexity index is 273. The Morgan fingerprint density at radius 1 is 1.36 bits per heavy atom. The van der Waals surface area contributed by atoms with Crippen molar-refractivity contribution in [2.24, 2.45) is 5.73 Å². The summed E-state index contributed by atoms with van der Waals surface area (Å²) in [5, 5.41) is 0. The molecule has 0 aliphatic rings. The van der Waals surface area contributed by atoms with Crippen LogP contribution in [0.25, 0.3) is 0 Å². The summed E-state index contributed by atoms with van der Waals surface area (Å²) in [6, 6.07) is 4.72. The molecule has 0 unspecified atom stereocenters. The molecule has 1 rings (SSSR count). The number of rotatable bonds is 5. The first-order valence-electron chi connectivity index (χ1n) is 4.45. The minimum Gasteiger partial charge on any atom is -0.377 e. The molecule has 0 fully saturated rings. The van der Waals surface area contributed by atoms with Crippen molar-refractivity contribution in [1.29, 1.82) is 0 Å². The molecule has 2 N–H and O–H groups in total. The monoisotopic (exact) mass is 261 g/mol. The predicted molar refractivity (Wildman–Crippen MR) is 57.4 cm³/mol. The first kappa shape index (κ1) is 11.6. The van der Waals surface area contributed by atoms with Gasteiger partial charge >= 0.3 is 0 Å².